The zero-order valence-electron chi connectivity index (χ0n) is 81.0. The summed E-state index contributed by atoms with van der Waals surface area (Å²) in [5.74, 6) is 0. The lowest BCUT2D eigenvalue weighted by molar-refractivity contribution is -0.385. The number of halogens is 2. The second-order valence-corrected chi connectivity index (χ2v) is 48.8. The first-order valence-corrected chi connectivity index (χ1v) is 59.7. The van der Waals surface area contributed by atoms with Gasteiger partial charge in [0, 0.05) is 240 Å². The van der Waals surface area contributed by atoms with E-state index in [1.165, 1.54) is 65.8 Å². The molecule has 8 aromatic rings. The monoisotopic (exact) mass is 2200 g/mol. The Balaban J connectivity index is 0.000000214. The van der Waals surface area contributed by atoms with Gasteiger partial charge in [-0.1, -0.05) is 118 Å². The van der Waals surface area contributed by atoms with Crippen molar-refractivity contribution in [3.05, 3.63) is 244 Å². The van der Waals surface area contributed by atoms with Crippen LogP contribution in [0.15, 0.2) is 202 Å². The second kappa shape index (κ2) is 53.5. The zero-order chi connectivity index (χ0) is 106. The van der Waals surface area contributed by atoms with Gasteiger partial charge < -0.3 is 29.4 Å². The maximum absolute atomic E-state index is 13.7. The Morgan fingerprint density at radius 3 is 0.792 bits per heavy atom. The van der Waals surface area contributed by atoms with E-state index in [1.807, 2.05) is 130 Å². The summed E-state index contributed by atoms with van der Waals surface area (Å²) >= 11 is 12.2. The van der Waals surface area contributed by atoms with Crippen LogP contribution < -0.4 is 29.4 Å². The first-order valence-electron chi connectivity index (χ1n) is 45.9. The summed E-state index contributed by atoms with van der Waals surface area (Å²) < 4.78 is 226. The fourth-order valence-corrected chi connectivity index (χ4v) is 24.8. The summed E-state index contributed by atoms with van der Waals surface area (Å²) in [6.45, 7) is 15.8. The summed E-state index contributed by atoms with van der Waals surface area (Å²) in [7, 11) is -31.0. The fraction of sp³-hybridized carbons (Fsp3) is 0.467. The molecule has 0 aromatic heterocycles. The summed E-state index contributed by atoms with van der Waals surface area (Å²) in [5.41, 5.74) is 3.79. The van der Waals surface area contributed by atoms with Gasteiger partial charge in [-0.2, -0.15) is 50.9 Å². The molecular weight excluding hydrogens is 2080 g/mol. The number of piperazine rings is 4. The lowest BCUT2D eigenvalue weighted by Crippen LogP contribution is -2.49. The molecule has 4 heterocycles. The number of sulfonamides is 4. The van der Waals surface area contributed by atoms with E-state index in [0.29, 0.717) is 127 Å². The molecule has 0 radical (unpaired) electrons. The quantitative estimate of drug-likeness (QED) is 0.0194. The molecule has 0 bridgehead atoms. The maximum atomic E-state index is 13.7. The van der Waals surface area contributed by atoms with Crippen LogP contribution in [-0.4, -0.2) is 323 Å². The van der Waals surface area contributed by atoms with E-state index in [0.717, 1.165) is 71.8 Å². The Kier molecular flexibility index (Phi) is 43.7. The Morgan fingerprint density at radius 2 is 0.528 bits per heavy atom. The first kappa shape index (κ1) is 117. The topological polar surface area (TPSA) is 521 Å². The van der Waals surface area contributed by atoms with Crippen LogP contribution in [-0.2, 0) is 110 Å². The standard InChI is InChI=1S/C23H31ClN4O7S2.C23H32N4O7S2.C22H29ClN4O7S2.C22H30N4O7S2/c1-3-9-26(14-15-35-36(2,31)32)22-8-7-21(28(29)30)17-23(22)37(33,34)27-12-10-25(11-13-27)18-19-5-4-6-20(24)16-19;1-3-11-25(16-17-34-35(2,30)31)22-10-9-21(27(28)29)18-23(22)36(32,33)26-14-12-24(13-15-26)19-20-7-5-4-6-8-20;1-3-9-25(14-15-34-35(2,30)31)21-8-7-20(27(28)29)17-22(21)36(32,33)26-12-10-24(11-13-26)19-6-4-5-18(23)16-19;1-3-11-24(16-17-33-34(2,29)30)21-10-9-20(26(27)28)18-22(21)35(31,32)25-14-12-23(13-15-25)19-7-5-4-6-8-19/h4-8,16-17H,3,9-15,18H2,1-2H3;4-10,18H,3,11-17,19H2,1-2H3;4-8,16-17H,3,9-15H2,1-2H3;4-10,18H,3,11-17H2,1-2H3. The van der Waals surface area contributed by atoms with E-state index >= 15 is 0 Å². The predicted octanol–water partition coefficient (Wildman–Crippen LogP) is 10.5. The average Bonchev–Trinajstić information content (AvgIpc) is 0.778. The van der Waals surface area contributed by atoms with Gasteiger partial charge in [0.2, 0.25) is 40.1 Å². The molecule has 0 spiro atoms. The van der Waals surface area contributed by atoms with Crippen molar-refractivity contribution in [3.63, 3.8) is 0 Å². The molecule has 0 saturated carbocycles. The molecule has 0 atom stereocenters. The molecule has 4 aliphatic rings. The smallest absolute Gasteiger partial charge is 0.270 e. The minimum Gasteiger partial charge on any atom is -0.369 e. The SMILES string of the molecule is CCCN(CCOS(C)(=O)=O)c1ccc([N+](=O)[O-])cc1S(=O)(=O)N1CCN(Cc2cccc(Cl)c2)CC1.CCCN(CCOS(C)(=O)=O)c1ccc([N+](=O)[O-])cc1S(=O)(=O)N1CCN(Cc2ccccc2)CC1.CCCN(CCOS(C)(=O)=O)c1ccc([N+](=O)[O-])cc1S(=O)(=O)N1CCN(c2cccc(Cl)c2)CC1.CCCN(CCOS(C)(=O)=O)c1ccc([N+](=O)[O-])cc1S(=O)(=O)N1CCN(c2ccccc2)CC1. The van der Waals surface area contributed by atoms with Crippen LogP contribution in [0.4, 0.5) is 56.9 Å². The Morgan fingerprint density at radius 1 is 0.285 bits per heavy atom. The third kappa shape index (κ3) is 35.1. The first-order chi connectivity index (χ1) is 67.9. The van der Waals surface area contributed by atoms with Crippen LogP contribution in [0, 0.1) is 40.5 Å². The summed E-state index contributed by atoms with van der Waals surface area (Å²) in [6, 6.07) is 49.3. The lowest BCUT2D eigenvalue weighted by Gasteiger charge is -2.36. The van der Waals surface area contributed by atoms with Crippen molar-refractivity contribution in [2.75, 3.05) is 238 Å². The van der Waals surface area contributed by atoms with Gasteiger partial charge in [0.1, 0.15) is 19.6 Å². The van der Waals surface area contributed by atoms with Crippen molar-refractivity contribution >= 4 is 161 Å². The summed E-state index contributed by atoms with van der Waals surface area (Å²) in [4.78, 5) is 57.7. The number of nitro benzene ring substituents is 4. The number of nitrogens with zero attached hydrogens (tertiary/aromatic N) is 16. The van der Waals surface area contributed by atoms with Crippen LogP contribution in [0.1, 0.15) is 64.5 Å². The van der Waals surface area contributed by atoms with Crippen molar-refractivity contribution in [2.24, 2.45) is 0 Å². The largest absolute Gasteiger partial charge is 0.369 e. The molecule has 54 heteroatoms. The minimum absolute atomic E-state index is 0.0871. The van der Waals surface area contributed by atoms with Crippen molar-refractivity contribution in [3.8, 4) is 0 Å². The fourth-order valence-electron chi connectivity index (χ4n) is 16.3. The zero-order valence-corrected chi connectivity index (χ0v) is 89.0. The van der Waals surface area contributed by atoms with Gasteiger partial charge >= 0.3 is 0 Å². The van der Waals surface area contributed by atoms with Crippen LogP contribution >= 0.6 is 23.2 Å². The van der Waals surface area contributed by atoms with Crippen LogP contribution in [0.25, 0.3) is 0 Å². The molecular formula is C90H122Cl2N16O28S8. The number of hydrogen-bond donors (Lipinski definition) is 0. The molecule has 4 saturated heterocycles. The molecule has 0 unspecified atom stereocenters. The second-order valence-electron chi connectivity index (χ2n) is 33.8. The molecule has 8 aromatic carbocycles. The maximum Gasteiger partial charge on any atom is 0.270 e. The number of benzene rings is 8. The number of anilines is 6. The highest BCUT2D eigenvalue weighted by molar-refractivity contribution is 7.90. The molecule has 4 aliphatic heterocycles. The molecule has 4 fully saturated rings. The number of para-hydroxylation sites is 1. The van der Waals surface area contributed by atoms with Crippen LogP contribution in [0.5, 0.6) is 0 Å². The molecule has 144 heavy (non-hydrogen) atoms. The molecule has 44 nitrogen and oxygen atoms in total. The van der Waals surface area contributed by atoms with Gasteiger partial charge in [-0.15, -0.1) is 0 Å². The van der Waals surface area contributed by atoms with Crippen LogP contribution in [0.3, 0.4) is 0 Å². The van der Waals surface area contributed by atoms with Crippen molar-refractivity contribution in [1.82, 2.24) is 27.0 Å². The van der Waals surface area contributed by atoms with Gasteiger partial charge in [-0.3, -0.25) is 67.0 Å². The molecule has 0 amide bonds. The number of nitro groups is 4. The average molecular weight is 2200 g/mol. The van der Waals surface area contributed by atoms with Crippen molar-refractivity contribution in [2.45, 2.75) is 86.0 Å². The third-order valence-electron chi connectivity index (χ3n) is 23.0. The Labute approximate surface area is 852 Å². The van der Waals surface area contributed by atoms with Crippen LogP contribution in [0.2, 0.25) is 10.0 Å². The van der Waals surface area contributed by atoms with Gasteiger partial charge in [-0.25, -0.2) is 33.7 Å². The number of non-ortho nitro benzene ring substituents is 4. The number of hydrogen-bond acceptors (Lipinski definition) is 36. The normalized spacial score (nSPS) is 15.4. The van der Waals surface area contributed by atoms with E-state index in [1.54, 1.807) is 31.7 Å². The highest BCUT2D eigenvalue weighted by Gasteiger charge is 2.40. The van der Waals surface area contributed by atoms with Gasteiger partial charge in [0.05, 0.1) is 93.9 Å². The molecule has 12 rings (SSSR count). The minimum atomic E-state index is -4.10. The molecule has 0 N–H and O–H groups in total. The Bertz CT molecular complexity index is 6680. The van der Waals surface area contributed by atoms with Crippen molar-refractivity contribution in [1.29, 1.82) is 0 Å². The van der Waals surface area contributed by atoms with E-state index in [4.69, 9.17) is 39.9 Å². The Hall–Kier alpha value is -10.1. The third-order valence-corrected chi connectivity index (χ3v) is 33.6. The van der Waals surface area contributed by atoms with E-state index in [9.17, 15) is 108 Å². The van der Waals surface area contributed by atoms with E-state index in [2.05, 4.69) is 14.7 Å². The van der Waals surface area contributed by atoms with Gasteiger partial charge in [0.15, 0.2) is 0 Å². The summed E-state index contributed by atoms with van der Waals surface area (Å²) in [5, 5.41) is 47.0. The van der Waals surface area contributed by atoms with Crippen molar-refractivity contribution < 1.29 is 104 Å². The van der Waals surface area contributed by atoms with Gasteiger partial charge in [0.25, 0.3) is 63.2 Å². The van der Waals surface area contributed by atoms with E-state index in [-0.39, 0.29) is 170 Å². The lowest BCUT2D eigenvalue weighted by atomic mass is 10.2. The van der Waals surface area contributed by atoms with E-state index < -0.39 is 100 Å². The molecule has 0 aliphatic carbocycles. The van der Waals surface area contributed by atoms with Gasteiger partial charge in [-0.05, 0) is 104 Å². The highest BCUT2D eigenvalue weighted by Crippen LogP contribution is 2.39. The summed E-state index contributed by atoms with van der Waals surface area (Å²) in [6.07, 6.45) is 6.31. The predicted molar refractivity (Wildman–Crippen MR) is 551 cm³/mol. The number of rotatable bonds is 46. The highest BCUT2D eigenvalue weighted by atomic mass is 35.5. The molecule has 792 valence electrons.